The normalized spacial score (nSPS) is 28.4. The lowest BCUT2D eigenvalue weighted by Gasteiger charge is -2.37. The third-order valence-electron chi connectivity index (χ3n) is 6.45. The molecule has 1 atom stereocenters. The van der Waals surface area contributed by atoms with Crippen LogP contribution in [0.2, 0.25) is 0 Å². The lowest BCUT2D eigenvalue weighted by Crippen LogP contribution is -2.56. The first kappa shape index (κ1) is 20.6. The van der Waals surface area contributed by atoms with Gasteiger partial charge in [0.15, 0.2) is 0 Å². The molecule has 1 nitrogen and oxygen atoms in total. The average molecular weight is 372 g/mol. The number of rotatable bonds is 7. The highest BCUT2D eigenvalue weighted by Crippen LogP contribution is 2.60. The number of hydrogen-bond donors (Lipinski definition) is 1. The van der Waals surface area contributed by atoms with E-state index in [1.807, 2.05) is 6.92 Å². The van der Waals surface area contributed by atoms with E-state index < -0.39 is 24.4 Å². The molecule has 0 aromatic carbocycles. The molecule has 0 spiro atoms. The molecule has 1 N–H and O–H groups in total. The number of fused-ring (bicyclic) bond motifs is 2. The van der Waals surface area contributed by atoms with Crippen molar-refractivity contribution >= 4 is 0 Å². The summed E-state index contributed by atoms with van der Waals surface area (Å²) >= 11 is 0. The fourth-order valence-electron chi connectivity index (χ4n) is 4.94. The van der Waals surface area contributed by atoms with Gasteiger partial charge in [-0.05, 0) is 62.2 Å². The molecule has 2 saturated carbocycles. The van der Waals surface area contributed by atoms with Crippen LogP contribution in [0, 0.1) is 17.3 Å². The topological polar surface area (TPSA) is 20.2 Å². The van der Waals surface area contributed by atoms with Crippen molar-refractivity contribution in [3.8, 4) is 0 Å². The van der Waals surface area contributed by atoms with Crippen LogP contribution in [0.3, 0.4) is 0 Å². The van der Waals surface area contributed by atoms with Crippen molar-refractivity contribution in [3.05, 3.63) is 12.2 Å². The Morgan fingerprint density at radius 3 is 2.00 bits per heavy atom. The molecule has 0 radical (unpaired) electrons. The molecule has 2 bridgehead atoms. The molecule has 2 aliphatic carbocycles. The fraction of sp³-hybridized carbons (Fsp3) is 0.889. The van der Waals surface area contributed by atoms with Gasteiger partial charge < -0.3 is 5.11 Å². The van der Waals surface area contributed by atoms with E-state index in [0.29, 0.717) is 12.3 Å². The molecular weight excluding hydrogens is 346 g/mol. The zero-order chi connectivity index (χ0) is 19.1. The summed E-state index contributed by atoms with van der Waals surface area (Å²) in [6, 6.07) is 0. The van der Waals surface area contributed by atoms with Crippen LogP contribution < -0.4 is 0 Å². The second-order valence-corrected chi connectivity index (χ2v) is 7.94. The first-order valence-electron chi connectivity index (χ1n) is 8.87. The fourth-order valence-corrected chi connectivity index (χ4v) is 4.94. The van der Waals surface area contributed by atoms with E-state index in [0.717, 1.165) is 31.6 Å². The Balaban J connectivity index is 1.99. The summed E-state index contributed by atoms with van der Waals surface area (Å²) in [5, 5.41) is 9.28. The van der Waals surface area contributed by atoms with Gasteiger partial charge in [0.1, 0.15) is 0 Å². The third-order valence-corrected chi connectivity index (χ3v) is 6.45. The quantitative estimate of drug-likeness (QED) is 0.418. The third kappa shape index (κ3) is 3.86. The first-order valence-corrected chi connectivity index (χ1v) is 8.87. The van der Waals surface area contributed by atoms with E-state index in [1.54, 1.807) is 0 Å². The molecule has 0 heterocycles. The van der Waals surface area contributed by atoms with Crippen molar-refractivity contribution in [1.29, 1.82) is 0 Å². The minimum absolute atomic E-state index is 0.0827. The summed E-state index contributed by atoms with van der Waals surface area (Å²) in [6.07, 6.45) is -5.88. The van der Waals surface area contributed by atoms with Crippen molar-refractivity contribution in [1.82, 2.24) is 0 Å². The highest BCUT2D eigenvalue weighted by atomic mass is 19.4. The minimum atomic E-state index is -5.78. The van der Waals surface area contributed by atoms with E-state index in [2.05, 4.69) is 6.58 Å². The van der Waals surface area contributed by atoms with Gasteiger partial charge >= 0.3 is 12.4 Å². The van der Waals surface area contributed by atoms with Gasteiger partial charge in [-0.2, -0.15) is 26.3 Å². The summed E-state index contributed by atoms with van der Waals surface area (Å²) in [7, 11) is 0. The van der Waals surface area contributed by atoms with E-state index in [9.17, 15) is 31.4 Å². The Bertz CT molecular complexity index is 471. The van der Waals surface area contributed by atoms with Crippen LogP contribution in [-0.4, -0.2) is 23.1 Å². The highest BCUT2D eigenvalue weighted by molar-refractivity contribution is 5.08. The molecule has 7 heteroatoms. The monoisotopic (exact) mass is 372 g/mol. The van der Waals surface area contributed by atoms with E-state index in [-0.39, 0.29) is 17.4 Å². The molecule has 25 heavy (non-hydrogen) atoms. The maximum Gasteiger partial charge on any atom is 0.426 e. The molecule has 2 fully saturated rings. The zero-order valence-electron chi connectivity index (χ0n) is 14.4. The maximum atomic E-state index is 12.8. The predicted molar refractivity (Wildman–Crippen MR) is 82.8 cm³/mol. The summed E-state index contributed by atoms with van der Waals surface area (Å²) in [5.41, 5.74) is -4.70. The van der Waals surface area contributed by atoms with Crippen molar-refractivity contribution in [2.75, 3.05) is 0 Å². The van der Waals surface area contributed by atoms with Crippen molar-refractivity contribution in [3.63, 3.8) is 0 Å². The van der Waals surface area contributed by atoms with Crippen LogP contribution in [-0.2, 0) is 0 Å². The highest BCUT2D eigenvalue weighted by Gasteiger charge is 2.70. The van der Waals surface area contributed by atoms with Gasteiger partial charge in [0, 0.05) is 6.42 Å². The second kappa shape index (κ2) is 6.78. The van der Waals surface area contributed by atoms with Gasteiger partial charge in [0.25, 0.3) is 5.60 Å². The average Bonchev–Trinajstić information content (AvgIpc) is 3.06. The number of halogens is 6. The van der Waals surface area contributed by atoms with Gasteiger partial charge in [-0.1, -0.05) is 25.5 Å². The molecule has 0 saturated heterocycles. The molecule has 2 aliphatic rings. The summed E-state index contributed by atoms with van der Waals surface area (Å²) in [4.78, 5) is 0. The smallest absolute Gasteiger partial charge is 0.373 e. The lowest BCUT2D eigenvalue weighted by atomic mass is 9.69. The number of hydrogen-bond acceptors (Lipinski definition) is 1. The molecule has 0 aromatic heterocycles. The van der Waals surface area contributed by atoms with Crippen LogP contribution in [0.4, 0.5) is 26.3 Å². The summed E-state index contributed by atoms with van der Waals surface area (Å²) in [5.74, 6) is 1.03. The maximum absolute atomic E-state index is 12.8. The molecule has 1 unspecified atom stereocenters. The van der Waals surface area contributed by atoms with Crippen molar-refractivity contribution in [2.24, 2.45) is 17.3 Å². The van der Waals surface area contributed by atoms with E-state index >= 15 is 0 Å². The standard InChI is InChI=1S/C18H26F6O/c1-3-14(15-8-6-13(11-15)7-9-15)5-4-12(2)10-16(25,17(19,20)21)18(22,23)24/h13-14,25H,2-11H2,1H3. The Morgan fingerprint density at radius 2 is 1.64 bits per heavy atom. The Kier molecular flexibility index (Phi) is 5.59. The largest absolute Gasteiger partial charge is 0.426 e. The van der Waals surface area contributed by atoms with Gasteiger partial charge in [-0.25, -0.2) is 0 Å². The lowest BCUT2D eigenvalue weighted by molar-refractivity contribution is -0.367. The van der Waals surface area contributed by atoms with Crippen LogP contribution in [0.15, 0.2) is 12.2 Å². The van der Waals surface area contributed by atoms with E-state index in [1.165, 1.54) is 12.8 Å². The molecular formula is C18H26F6O. The summed E-state index contributed by atoms with van der Waals surface area (Å²) < 4.78 is 76.7. The van der Waals surface area contributed by atoms with Gasteiger partial charge in [-0.15, -0.1) is 0 Å². The molecule has 2 rings (SSSR count). The summed E-state index contributed by atoms with van der Waals surface area (Å²) in [6.45, 7) is 5.42. The SMILES string of the molecule is C=C(CCC(CC)C12CCC(CC1)C2)CC(O)(C(F)(F)F)C(F)(F)F. The van der Waals surface area contributed by atoms with E-state index in [4.69, 9.17) is 0 Å². The molecule has 0 aromatic rings. The number of alkyl halides is 6. The van der Waals surface area contributed by atoms with Crippen molar-refractivity contribution in [2.45, 2.75) is 82.7 Å². The van der Waals surface area contributed by atoms with Gasteiger partial charge in [0.2, 0.25) is 0 Å². The van der Waals surface area contributed by atoms with Crippen LogP contribution in [0.25, 0.3) is 0 Å². The van der Waals surface area contributed by atoms with Crippen molar-refractivity contribution < 1.29 is 31.4 Å². The van der Waals surface area contributed by atoms with Crippen LogP contribution in [0.5, 0.6) is 0 Å². The van der Waals surface area contributed by atoms with Crippen LogP contribution in [0.1, 0.15) is 64.7 Å². The minimum Gasteiger partial charge on any atom is -0.373 e. The van der Waals surface area contributed by atoms with Gasteiger partial charge in [0.05, 0.1) is 0 Å². The Hall–Kier alpha value is -0.720. The Morgan fingerprint density at radius 1 is 1.12 bits per heavy atom. The second-order valence-electron chi connectivity index (χ2n) is 7.94. The predicted octanol–water partition coefficient (Wildman–Crippen LogP) is 6.18. The molecule has 0 amide bonds. The zero-order valence-corrected chi connectivity index (χ0v) is 14.4. The van der Waals surface area contributed by atoms with Gasteiger partial charge in [-0.3, -0.25) is 0 Å². The molecule has 146 valence electrons. The Labute approximate surface area is 144 Å². The van der Waals surface area contributed by atoms with Crippen LogP contribution >= 0.6 is 0 Å². The molecule has 0 aliphatic heterocycles. The number of aliphatic hydroxyl groups is 1. The first-order chi connectivity index (χ1) is 11.3.